The molecule has 0 unspecified atom stereocenters. The van der Waals surface area contributed by atoms with Crippen molar-refractivity contribution < 1.29 is 5.11 Å². The first-order chi connectivity index (χ1) is 9.33. The molecule has 5 heteroatoms. The van der Waals surface area contributed by atoms with Crippen molar-refractivity contribution in [2.75, 3.05) is 19.7 Å². The highest BCUT2D eigenvalue weighted by Crippen LogP contribution is 2.23. The van der Waals surface area contributed by atoms with Crippen LogP contribution in [-0.4, -0.2) is 39.7 Å². The van der Waals surface area contributed by atoms with Gasteiger partial charge in [0.2, 0.25) is 0 Å². The number of aliphatic hydroxyl groups is 1. The van der Waals surface area contributed by atoms with Gasteiger partial charge in [0.25, 0.3) is 0 Å². The Balaban J connectivity index is 2.06. The summed E-state index contributed by atoms with van der Waals surface area (Å²) in [6.45, 7) is 6.06. The van der Waals surface area contributed by atoms with Gasteiger partial charge >= 0.3 is 0 Å². The van der Waals surface area contributed by atoms with Crippen LogP contribution in [0.3, 0.4) is 0 Å². The molecular formula is C14H17N3OS. The van der Waals surface area contributed by atoms with Crippen LogP contribution in [-0.2, 0) is 6.54 Å². The van der Waals surface area contributed by atoms with E-state index in [9.17, 15) is 0 Å². The molecule has 0 aliphatic rings. The molecule has 2 heterocycles. The molecule has 100 valence electrons. The van der Waals surface area contributed by atoms with E-state index in [4.69, 9.17) is 5.11 Å². The Morgan fingerprint density at radius 3 is 2.95 bits per heavy atom. The molecule has 19 heavy (non-hydrogen) atoms. The second-order valence-corrected chi connectivity index (χ2v) is 5.21. The van der Waals surface area contributed by atoms with E-state index in [-0.39, 0.29) is 6.61 Å². The maximum absolute atomic E-state index is 9.03. The zero-order valence-corrected chi connectivity index (χ0v) is 11.5. The molecular weight excluding hydrogens is 258 g/mol. The Morgan fingerprint density at radius 1 is 1.37 bits per heavy atom. The van der Waals surface area contributed by atoms with Gasteiger partial charge in [0.15, 0.2) is 0 Å². The summed E-state index contributed by atoms with van der Waals surface area (Å²) >= 11 is 1.63. The lowest BCUT2D eigenvalue weighted by atomic mass is 10.4. The fourth-order valence-corrected chi connectivity index (χ4v) is 2.70. The summed E-state index contributed by atoms with van der Waals surface area (Å²) in [7, 11) is 0. The van der Waals surface area contributed by atoms with Gasteiger partial charge in [-0.05, 0) is 12.1 Å². The Bertz CT molecular complexity index is 512. The second kappa shape index (κ2) is 7.13. The zero-order chi connectivity index (χ0) is 13.5. The van der Waals surface area contributed by atoms with E-state index in [2.05, 4.69) is 21.4 Å². The van der Waals surface area contributed by atoms with E-state index in [1.807, 2.05) is 30.5 Å². The van der Waals surface area contributed by atoms with E-state index in [0.29, 0.717) is 6.54 Å². The molecule has 0 saturated carbocycles. The highest BCUT2D eigenvalue weighted by molar-refractivity contribution is 7.14. The molecule has 0 radical (unpaired) electrons. The summed E-state index contributed by atoms with van der Waals surface area (Å²) in [5.41, 5.74) is 0.899. The maximum Gasteiger partial charge on any atom is 0.142 e. The standard InChI is InChI=1S/C14H17N3OS/c1-2-7-17(8-9-18)11-12-10-16-14(19-12)13-5-3-4-6-15-13/h2-6,10,18H,1,7-9,11H2. The van der Waals surface area contributed by atoms with Gasteiger partial charge in [-0.25, -0.2) is 4.98 Å². The number of aliphatic hydroxyl groups excluding tert-OH is 1. The van der Waals surface area contributed by atoms with Crippen LogP contribution < -0.4 is 0 Å². The predicted molar refractivity (Wildman–Crippen MR) is 77.9 cm³/mol. The number of pyridine rings is 1. The first-order valence-corrected chi connectivity index (χ1v) is 6.95. The molecule has 0 aliphatic heterocycles. The molecule has 0 bridgehead atoms. The third-order valence-corrected chi connectivity index (χ3v) is 3.63. The van der Waals surface area contributed by atoms with Gasteiger partial charge in [-0.2, -0.15) is 0 Å². The van der Waals surface area contributed by atoms with E-state index in [1.165, 1.54) is 0 Å². The first kappa shape index (κ1) is 13.9. The van der Waals surface area contributed by atoms with Gasteiger partial charge in [0, 0.05) is 36.9 Å². The summed E-state index contributed by atoms with van der Waals surface area (Å²) < 4.78 is 0. The number of thiazole rings is 1. The minimum absolute atomic E-state index is 0.153. The van der Waals surface area contributed by atoms with E-state index >= 15 is 0 Å². The first-order valence-electron chi connectivity index (χ1n) is 6.13. The highest BCUT2D eigenvalue weighted by atomic mass is 32.1. The third kappa shape index (κ3) is 3.96. The van der Waals surface area contributed by atoms with Crippen molar-refractivity contribution in [3.63, 3.8) is 0 Å². The lowest BCUT2D eigenvalue weighted by molar-refractivity contribution is 0.204. The fourth-order valence-electron chi connectivity index (χ4n) is 1.77. The Kier molecular flexibility index (Phi) is 5.20. The quantitative estimate of drug-likeness (QED) is 0.787. The predicted octanol–water partition coefficient (Wildman–Crippen LogP) is 2.19. The van der Waals surface area contributed by atoms with Crippen LogP contribution in [0.15, 0.2) is 43.2 Å². The van der Waals surface area contributed by atoms with Crippen molar-refractivity contribution in [3.8, 4) is 10.7 Å². The highest BCUT2D eigenvalue weighted by Gasteiger charge is 2.09. The third-order valence-electron chi connectivity index (χ3n) is 2.62. The minimum Gasteiger partial charge on any atom is -0.395 e. The normalized spacial score (nSPS) is 10.8. The Morgan fingerprint density at radius 2 is 2.26 bits per heavy atom. The van der Waals surface area contributed by atoms with Gasteiger partial charge < -0.3 is 5.11 Å². The number of rotatable bonds is 7. The molecule has 0 aromatic carbocycles. The molecule has 0 amide bonds. The average Bonchev–Trinajstić information content (AvgIpc) is 2.89. The van der Waals surface area contributed by atoms with Crippen LogP contribution in [0.25, 0.3) is 10.7 Å². The molecule has 0 spiro atoms. The molecule has 0 saturated heterocycles. The van der Waals surface area contributed by atoms with Crippen molar-refractivity contribution >= 4 is 11.3 Å². The molecule has 0 atom stereocenters. The molecule has 2 aromatic heterocycles. The zero-order valence-electron chi connectivity index (χ0n) is 10.7. The van der Waals surface area contributed by atoms with Gasteiger partial charge in [-0.3, -0.25) is 9.88 Å². The molecule has 2 rings (SSSR count). The molecule has 4 nitrogen and oxygen atoms in total. The molecule has 2 aromatic rings. The van der Waals surface area contributed by atoms with Gasteiger partial charge in [0.1, 0.15) is 5.01 Å². The largest absolute Gasteiger partial charge is 0.395 e. The minimum atomic E-state index is 0.153. The maximum atomic E-state index is 9.03. The van der Waals surface area contributed by atoms with Crippen molar-refractivity contribution in [1.82, 2.24) is 14.9 Å². The molecule has 0 aliphatic carbocycles. The van der Waals surface area contributed by atoms with Crippen LogP contribution in [0.2, 0.25) is 0 Å². The summed E-state index contributed by atoms with van der Waals surface area (Å²) in [5.74, 6) is 0. The summed E-state index contributed by atoms with van der Waals surface area (Å²) in [6.07, 6.45) is 5.49. The molecule has 0 fully saturated rings. The van der Waals surface area contributed by atoms with Gasteiger partial charge in [-0.1, -0.05) is 12.1 Å². The number of hydrogen-bond donors (Lipinski definition) is 1. The monoisotopic (exact) mass is 275 g/mol. The summed E-state index contributed by atoms with van der Waals surface area (Å²) in [5, 5.41) is 9.96. The topological polar surface area (TPSA) is 49.2 Å². The van der Waals surface area contributed by atoms with Gasteiger partial charge in [0.05, 0.1) is 12.3 Å². The lowest BCUT2D eigenvalue weighted by Crippen LogP contribution is -2.26. The number of hydrogen-bond acceptors (Lipinski definition) is 5. The van der Waals surface area contributed by atoms with Crippen LogP contribution in [0.5, 0.6) is 0 Å². The summed E-state index contributed by atoms with van der Waals surface area (Å²) in [6, 6.07) is 5.81. The van der Waals surface area contributed by atoms with Crippen LogP contribution >= 0.6 is 11.3 Å². The fraction of sp³-hybridized carbons (Fsp3) is 0.286. The van der Waals surface area contributed by atoms with Crippen LogP contribution in [0, 0.1) is 0 Å². The van der Waals surface area contributed by atoms with Crippen molar-refractivity contribution in [3.05, 3.63) is 48.1 Å². The second-order valence-electron chi connectivity index (χ2n) is 4.09. The van der Waals surface area contributed by atoms with E-state index in [0.717, 1.165) is 28.7 Å². The van der Waals surface area contributed by atoms with Crippen molar-refractivity contribution in [2.45, 2.75) is 6.54 Å². The number of nitrogens with zero attached hydrogens (tertiary/aromatic N) is 3. The summed E-state index contributed by atoms with van der Waals surface area (Å²) in [4.78, 5) is 12.0. The van der Waals surface area contributed by atoms with Gasteiger partial charge in [-0.15, -0.1) is 17.9 Å². The smallest absolute Gasteiger partial charge is 0.142 e. The Hall–Kier alpha value is -1.56. The van der Waals surface area contributed by atoms with Crippen molar-refractivity contribution in [2.24, 2.45) is 0 Å². The lowest BCUT2D eigenvalue weighted by Gasteiger charge is -2.17. The van der Waals surface area contributed by atoms with E-state index < -0.39 is 0 Å². The van der Waals surface area contributed by atoms with Crippen LogP contribution in [0.4, 0.5) is 0 Å². The number of aromatic nitrogens is 2. The average molecular weight is 275 g/mol. The van der Waals surface area contributed by atoms with Crippen LogP contribution in [0.1, 0.15) is 4.88 Å². The van der Waals surface area contributed by atoms with E-state index in [1.54, 1.807) is 17.5 Å². The van der Waals surface area contributed by atoms with Crippen molar-refractivity contribution in [1.29, 1.82) is 0 Å². The SMILES string of the molecule is C=CCN(CCO)Cc1cnc(-c2ccccn2)s1. The Labute approximate surface area is 117 Å². The molecule has 1 N–H and O–H groups in total.